The number of nitrogens with one attached hydrogen (secondary N) is 1. The summed E-state index contributed by atoms with van der Waals surface area (Å²) in [6.07, 6.45) is 1.02. The lowest BCUT2D eigenvalue weighted by Gasteiger charge is -2.37. The second-order valence-corrected chi connectivity index (χ2v) is 8.32. The van der Waals surface area contributed by atoms with Gasteiger partial charge in [-0.15, -0.1) is 12.4 Å². The molecular weight excluding hydrogens is 381 g/mol. The maximum Gasteiger partial charge on any atom is 0.251 e. The van der Waals surface area contributed by atoms with Crippen LogP contribution in [0.5, 0.6) is 0 Å². The molecule has 1 aromatic heterocycles. The van der Waals surface area contributed by atoms with Gasteiger partial charge in [-0.2, -0.15) is 0 Å². The second-order valence-electron chi connectivity index (χ2n) is 6.76. The number of aromatic nitrogens is 1. The zero-order chi connectivity index (χ0) is 17.8. The highest BCUT2D eigenvalue weighted by atomic mass is 35.5. The molecular formula is C17H19ClFN3O3S. The van der Waals surface area contributed by atoms with Crippen LogP contribution in [0.2, 0.25) is 0 Å². The first kappa shape index (κ1) is 19.0. The van der Waals surface area contributed by atoms with Gasteiger partial charge in [0.05, 0.1) is 4.90 Å². The van der Waals surface area contributed by atoms with E-state index in [1.54, 1.807) is 4.57 Å². The molecule has 4 rings (SSSR count). The van der Waals surface area contributed by atoms with Crippen LogP contribution in [0.1, 0.15) is 18.0 Å². The van der Waals surface area contributed by atoms with Crippen molar-refractivity contribution in [3.63, 3.8) is 0 Å². The topological polar surface area (TPSA) is 94.2 Å². The van der Waals surface area contributed by atoms with Crippen LogP contribution in [-0.4, -0.2) is 26.1 Å². The van der Waals surface area contributed by atoms with Crippen LogP contribution < -0.4 is 16.0 Å². The zero-order valence-electron chi connectivity index (χ0n) is 13.8. The van der Waals surface area contributed by atoms with Crippen LogP contribution in [-0.2, 0) is 16.6 Å². The lowest BCUT2D eigenvalue weighted by molar-refractivity contribution is 0.257. The van der Waals surface area contributed by atoms with Gasteiger partial charge in [-0.3, -0.25) is 4.79 Å². The fraction of sp³-hybridized carbons (Fsp3) is 0.353. The number of nitrogens with two attached hydrogens (primary N) is 1. The van der Waals surface area contributed by atoms with Gasteiger partial charge in [0, 0.05) is 36.3 Å². The molecule has 3 N–H and O–H groups in total. The fourth-order valence-electron chi connectivity index (χ4n) is 3.87. The van der Waals surface area contributed by atoms with Crippen molar-refractivity contribution in [2.24, 2.45) is 11.1 Å². The Labute approximate surface area is 156 Å². The number of halogens is 2. The molecule has 0 spiro atoms. The highest BCUT2D eigenvalue weighted by molar-refractivity contribution is 7.89. The van der Waals surface area contributed by atoms with E-state index in [1.165, 1.54) is 18.2 Å². The van der Waals surface area contributed by atoms with Gasteiger partial charge in [0.2, 0.25) is 10.0 Å². The number of benzene rings is 1. The van der Waals surface area contributed by atoms with E-state index in [0.717, 1.165) is 31.3 Å². The Hall–Kier alpha value is -1.74. The van der Waals surface area contributed by atoms with Crippen LogP contribution in [0.25, 0.3) is 11.1 Å². The Morgan fingerprint density at radius 3 is 2.65 bits per heavy atom. The average Bonchev–Trinajstić information content (AvgIpc) is 2.55. The summed E-state index contributed by atoms with van der Waals surface area (Å²) in [5, 5.41) is 8.40. The smallest absolute Gasteiger partial charge is 0.251 e. The quantitative estimate of drug-likeness (QED) is 0.798. The fourth-order valence-corrected chi connectivity index (χ4v) is 4.39. The van der Waals surface area contributed by atoms with E-state index >= 15 is 0 Å². The summed E-state index contributed by atoms with van der Waals surface area (Å²) >= 11 is 0. The van der Waals surface area contributed by atoms with Crippen molar-refractivity contribution >= 4 is 22.4 Å². The molecule has 2 atom stereocenters. The first-order valence-electron chi connectivity index (χ1n) is 8.11. The van der Waals surface area contributed by atoms with E-state index in [9.17, 15) is 17.6 Å². The monoisotopic (exact) mass is 399 g/mol. The van der Waals surface area contributed by atoms with Gasteiger partial charge in [-0.25, -0.2) is 17.9 Å². The van der Waals surface area contributed by atoms with E-state index in [-0.39, 0.29) is 34.3 Å². The molecule has 2 aromatic rings. The number of piperidine rings is 1. The number of pyridine rings is 1. The minimum atomic E-state index is -3.97. The van der Waals surface area contributed by atoms with Gasteiger partial charge in [-0.05, 0) is 42.6 Å². The molecule has 6 nitrogen and oxygen atoms in total. The highest BCUT2D eigenvalue weighted by Crippen LogP contribution is 2.34. The standard InChI is InChI=1S/C17H18FN3O3S.ClH/c18-15-6-13(25(19,23)24)1-2-14(15)11-4-16-12-3-10(7-20-8-12)9-21(16)17(22)5-11;/h1-2,4-6,10,12,20H,3,7-9H2,(H2,19,23,24);1H/t10-,12+;/m0./s1. The Bertz CT molecular complexity index is 1020. The van der Waals surface area contributed by atoms with Crippen molar-refractivity contribution in [1.82, 2.24) is 9.88 Å². The van der Waals surface area contributed by atoms with Crippen molar-refractivity contribution in [1.29, 1.82) is 0 Å². The Kier molecular flexibility index (Phi) is 4.96. The summed E-state index contributed by atoms with van der Waals surface area (Å²) in [7, 11) is -3.97. The number of hydrogen-bond acceptors (Lipinski definition) is 4. The van der Waals surface area contributed by atoms with Gasteiger partial charge in [0.1, 0.15) is 5.82 Å². The Balaban J connectivity index is 0.00000196. The summed E-state index contributed by atoms with van der Waals surface area (Å²) in [6.45, 7) is 2.38. The van der Waals surface area contributed by atoms with Crippen molar-refractivity contribution in [3.05, 3.63) is 52.2 Å². The molecule has 2 aliphatic rings. The predicted octanol–water partition coefficient (Wildman–Crippen LogP) is 1.43. The number of fused-ring (bicyclic) bond motifs is 4. The third-order valence-corrected chi connectivity index (χ3v) is 5.95. The van der Waals surface area contributed by atoms with E-state index in [1.807, 2.05) is 6.07 Å². The normalized spacial score (nSPS) is 21.6. The predicted molar refractivity (Wildman–Crippen MR) is 98.4 cm³/mol. The van der Waals surface area contributed by atoms with Crippen LogP contribution in [0.4, 0.5) is 4.39 Å². The Morgan fingerprint density at radius 2 is 1.96 bits per heavy atom. The van der Waals surface area contributed by atoms with Gasteiger partial charge >= 0.3 is 0 Å². The van der Waals surface area contributed by atoms with Crippen molar-refractivity contribution in [3.8, 4) is 11.1 Å². The van der Waals surface area contributed by atoms with Crippen LogP contribution in [0.3, 0.4) is 0 Å². The average molecular weight is 400 g/mol. The third kappa shape index (κ3) is 3.29. The second kappa shape index (κ2) is 6.77. The molecule has 2 bridgehead atoms. The van der Waals surface area contributed by atoms with Gasteiger partial charge in [0.25, 0.3) is 5.56 Å². The summed E-state index contributed by atoms with van der Waals surface area (Å²) in [6, 6.07) is 6.74. The molecule has 1 aromatic carbocycles. The number of sulfonamides is 1. The van der Waals surface area contributed by atoms with E-state index in [2.05, 4.69) is 5.32 Å². The molecule has 26 heavy (non-hydrogen) atoms. The maximum absolute atomic E-state index is 14.4. The number of hydrogen-bond donors (Lipinski definition) is 2. The van der Waals surface area contributed by atoms with E-state index in [4.69, 9.17) is 5.14 Å². The lowest BCUT2D eigenvalue weighted by Crippen LogP contribution is -2.44. The summed E-state index contributed by atoms with van der Waals surface area (Å²) < 4.78 is 38.9. The first-order valence-corrected chi connectivity index (χ1v) is 9.66. The minimum Gasteiger partial charge on any atom is -0.316 e. The van der Waals surface area contributed by atoms with Crippen molar-refractivity contribution < 1.29 is 12.8 Å². The van der Waals surface area contributed by atoms with E-state index in [0.29, 0.717) is 18.0 Å². The minimum absolute atomic E-state index is 0. The summed E-state index contributed by atoms with van der Waals surface area (Å²) in [5.74, 6) is -0.0428. The summed E-state index contributed by atoms with van der Waals surface area (Å²) in [4.78, 5) is 12.2. The molecule has 0 aliphatic carbocycles. The summed E-state index contributed by atoms with van der Waals surface area (Å²) in [5.41, 5.74) is 1.40. The van der Waals surface area contributed by atoms with Crippen molar-refractivity contribution in [2.45, 2.75) is 23.8 Å². The molecule has 0 unspecified atom stereocenters. The van der Waals surface area contributed by atoms with Gasteiger partial charge in [0.15, 0.2) is 0 Å². The molecule has 1 fully saturated rings. The zero-order valence-corrected chi connectivity index (χ0v) is 15.4. The highest BCUT2D eigenvalue weighted by Gasteiger charge is 2.31. The van der Waals surface area contributed by atoms with Crippen LogP contribution in [0, 0.1) is 11.7 Å². The molecule has 0 amide bonds. The number of rotatable bonds is 2. The molecule has 0 radical (unpaired) electrons. The van der Waals surface area contributed by atoms with Crippen molar-refractivity contribution in [2.75, 3.05) is 13.1 Å². The maximum atomic E-state index is 14.4. The first-order chi connectivity index (χ1) is 11.8. The molecule has 9 heteroatoms. The molecule has 140 valence electrons. The number of primary sulfonamides is 1. The Morgan fingerprint density at radius 1 is 1.19 bits per heavy atom. The molecule has 0 saturated carbocycles. The molecule has 2 aliphatic heterocycles. The lowest BCUT2D eigenvalue weighted by atomic mass is 9.83. The third-order valence-electron chi connectivity index (χ3n) is 5.04. The largest absolute Gasteiger partial charge is 0.316 e. The van der Waals surface area contributed by atoms with E-state index < -0.39 is 15.8 Å². The van der Waals surface area contributed by atoms with Crippen LogP contribution in [0.15, 0.2) is 40.0 Å². The number of nitrogens with zero attached hydrogens (tertiary/aromatic N) is 1. The van der Waals surface area contributed by atoms with Gasteiger partial charge in [-0.1, -0.05) is 6.07 Å². The molecule has 3 heterocycles. The van der Waals surface area contributed by atoms with Gasteiger partial charge < -0.3 is 9.88 Å². The molecule has 1 saturated heterocycles. The SMILES string of the molecule is Cl.NS(=O)(=O)c1ccc(-c2cc3n(c(=O)c2)C[C@@H]2CNC[C@H]3C2)c(F)c1. The van der Waals surface area contributed by atoms with Crippen LogP contribution >= 0.6 is 12.4 Å².